The Hall–Kier alpha value is -0.730. The maximum absolute atomic E-state index is 9.97. The van der Waals surface area contributed by atoms with E-state index in [4.69, 9.17) is 0 Å². The summed E-state index contributed by atoms with van der Waals surface area (Å²) in [5.74, 6) is 0. The smallest absolute Gasteiger partial charge is 0.438 e. The molecule has 0 saturated carbocycles. The van der Waals surface area contributed by atoms with Crippen LogP contribution in [0.1, 0.15) is 6.92 Å². The van der Waals surface area contributed by atoms with Gasteiger partial charge in [0.25, 0.3) is 0 Å². The van der Waals surface area contributed by atoms with Gasteiger partial charge >= 0.3 is 6.16 Å². The van der Waals surface area contributed by atoms with Crippen molar-refractivity contribution < 1.29 is 14.3 Å². The maximum atomic E-state index is 9.97. The monoisotopic (exact) mass is 104 g/mol. The largest absolute Gasteiger partial charge is 0.507 e. The van der Waals surface area contributed by atoms with Crippen molar-refractivity contribution in [3.8, 4) is 0 Å². The number of rotatable bonds is 1. The van der Waals surface area contributed by atoms with Gasteiger partial charge in [-0.2, -0.15) is 0 Å². The van der Waals surface area contributed by atoms with E-state index in [1.165, 1.54) is 7.11 Å². The molecule has 0 saturated heterocycles. The van der Waals surface area contributed by atoms with Crippen LogP contribution in [-0.4, -0.2) is 19.9 Å². The summed E-state index contributed by atoms with van der Waals surface area (Å²) in [6.45, 7) is 2.09. The molecule has 0 fully saturated rings. The van der Waals surface area contributed by atoms with E-state index in [0.29, 0.717) is 6.61 Å². The van der Waals surface area contributed by atoms with Crippen LogP contribution in [0.25, 0.3) is 0 Å². The molecule has 0 aromatic carbocycles. The molecular formula is C4H8O3. The molecule has 0 N–H and O–H groups in total. The van der Waals surface area contributed by atoms with Crippen LogP contribution in [0.5, 0.6) is 0 Å². The second kappa shape index (κ2) is 3.46. The maximum Gasteiger partial charge on any atom is 0.507 e. The van der Waals surface area contributed by atoms with E-state index in [9.17, 15) is 4.79 Å². The van der Waals surface area contributed by atoms with Crippen molar-refractivity contribution >= 4 is 6.16 Å². The first-order valence-electron chi connectivity index (χ1n) is 2.02. The Kier molecular flexibility index (Phi) is 3.10. The minimum absolute atomic E-state index is 0.368. The number of hydrogen-bond acceptors (Lipinski definition) is 3. The van der Waals surface area contributed by atoms with Gasteiger partial charge < -0.3 is 9.47 Å². The standard InChI is InChI=1S/C4H8O3/c1-3-7-4(5)6-2/h3H2,1-2H3. The third kappa shape index (κ3) is 3.09. The summed E-state index contributed by atoms with van der Waals surface area (Å²) in [5, 5.41) is 0. The lowest BCUT2D eigenvalue weighted by molar-refractivity contribution is 0.0771. The second-order valence-corrected chi connectivity index (χ2v) is 0.887. The highest BCUT2D eigenvalue weighted by Gasteiger charge is 1.92. The number of methoxy groups -OCH3 is 1. The molecule has 0 amide bonds. The zero-order valence-electron chi connectivity index (χ0n) is 4.43. The molecule has 0 rings (SSSR count). The Morgan fingerprint density at radius 2 is 2.29 bits per heavy atom. The lowest BCUT2D eigenvalue weighted by Crippen LogP contribution is -2.02. The predicted molar refractivity (Wildman–Crippen MR) is 24.0 cm³/mol. The number of carbonyl (C=O) groups is 1. The first-order chi connectivity index (χ1) is 3.31. The number of carbonyl (C=O) groups excluding carboxylic acids is 1. The van der Waals surface area contributed by atoms with E-state index in [1.54, 1.807) is 6.92 Å². The summed E-state index contributed by atoms with van der Waals surface area (Å²) in [5.41, 5.74) is 0. The highest BCUT2D eigenvalue weighted by molar-refractivity contribution is 5.59. The number of hydrogen-bond donors (Lipinski definition) is 0. The molecule has 0 aliphatic heterocycles. The molecule has 7 heavy (non-hydrogen) atoms. The summed E-state index contributed by atoms with van der Waals surface area (Å²) in [6.07, 6.45) is -0.623. The summed E-state index contributed by atoms with van der Waals surface area (Å²) in [7, 11) is 1.28. The van der Waals surface area contributed by atoms with Gasteiger partial charge in [0.2, 0.25) is 0 Å². The van der Waals surface area contributed by atoms with Crippen LogP contribution in [0.4, 0.5) is 4.79 Å². The van der Waals surface area contributed by atoms with Gasteiger partial charge in [-0.1, -0.05) is 0 Å². The fourth-order valence-electron chi connectivity index (χ4n) is 0.177. The van der Waals surface area contributed by atoms with Gasteiger partial charge in [-0.3, -0.25) is 0 Å². The lowest BCUT2D eigenvalue weighted by atomic mass is 10.9. The van der Waals surface area contributed by atoms with Crippen LogP contribution in [0.3, 0.4) is 0 Å². The highest BCUT2D eigenvalue weighted by atomic mass is 16.7. The van der Waals surface area contributed by atoms with Crippen LogP contribution in [0.2, 0.25) is 0 Å². The third-order valence-electron chi connectivity index (χ3n) is 0.429. The van der Waals surface area contributed by atoms with Crippen molar-refractivity contribution in [2.75, 3.05) is 13.7 Å². The van der Waals surface area contributed by atoms with Crippen molar-refractivity contribution in [3.05, 3.63) is 0 Å². The number of ether oxygens (including phenoxy) is 2. The Morgan fingerprint density at radius 3 is 2.43 bits per heavy atom. The zero-order valence-corrected chi connectivity index (χ0v) is 4.43. The summed E-state index contributed by atoms with van der Waals surface area (Å²) >= 11 is 0. The first-order valence-corrected chi connectivity index (χ1v) is 2.02. The average Bonchev–Trinajstić information content (AvgIpc) is 1.68. The predicted octanol–water partition coefficient (Wildman–Crippen LogP) is 0.789. The molecule has 0 bridgehead atoms. The van der Waals surface area contributed by atoms with E-state index in [2.05, 4.69) is 9.47 Å². The molecule has 0 aromatic rings. The zero-order chi connectivity index (χ0) is 5.70. The Bertz CT molecular complexity index is 60.0. The van der Waals surface area contributed by atoms with Crippen molar-refractivity contribution in [2.24, 2.45) is 0 Å². The van der Waals surface area contributed by atoms with Gasteiger partial charge in [0.05, 0.1) is 13.7 Å². The normalized spacial score (nSPS) is 7.71. The topological polar surface area (TPSA) is 35.5 Å². The quantitative estimate of drug-likeness (QED) is 0.461. The van der Waals surface area contributed by atoms with E-state index < -0.39 is 6.16 Å². The summed E-state index contributed by atoms with van der Waals surface area (Å²) in [6, 6.07) is 0. The average molecular weight is 104 g/mol. The molecule has 42 valence electrons. The fourth-order valence-corrected chi connectivity index (χ4v) is 0.177. The fraction of sp³-hybridized carbons (Fsp3) is 0.750. The molecule has 0 aliphatic rings. The molecule has 0 radical (unpaired) electrons. The van der Waals surface area contributed by atoms with Crippen LogP contribution >= 0.6 is 0 Å². The third-order valence-corrected chi connectivity index (χ3v) is 0.429. The van der Waals surface area contributed by atoms with Crippen molar-refractivity contribution in [2.45, 2.75) is 6.92 Å². The molecule has 0 aromatic heterocycles. The molecule has 0 aliphatic carbocycles. The Balaban J connectivity index is 3.00. The molecule has 0 unspecified atom stereocenters. The first kappa shape index (κ1) is 6.27. The van der Waals surface area contributed by atoms with Crippen LogP contribution in [0, 0.1) is 0 Å². The van der Waals surface area contributed by atoms with E-state index in [-0.39, 0.29) is 0 Å². The van der Waals surface area contributed by atoms with Gasteiger partial charge in [-0.05, 0) is 6.92 Å². The van der Waals surface area contributed by atoms with Crippen LogP contribution < -0.4 is 0 Å². The molecule has 0 spiro atoms. The van der Waals surface area contributed by atoms with Crippen molar-refractivity contribution in [1.82, 2.24) is 0 Å². The highest BCUT2D eigenvalue weighted by Crippen LogP contribution is 1.77. The minimum atomic E-state index is -0.623. The van der Waals surface area contributed by atoms with Gasteiger partial charge in [0, 0.05) is 0 Å². The van der Waals surface area contributed by atoms with E-state index in [0.717, 1.165) is 0 Å². The van der Waals surface area contributed by atoms with Gasteiger partial charge in [-0.15, -0.1) is 0 Å². The van der Waals surface area contributed by atoms with E-state index >= 15 is 0 Å². The van der Waals surface area contributed by atoms with Crippen molar-refractivity contribution in [3.63, 3.8) is 0 Å². The Labute approximate surface area is 42.2 Å². The molecular weight excluding hydrogens is 96.0 g/mol. The molecule has 3 nitrogen and oxygen atoms in total. The molecule has 0 atom stereocenters. The Morgan fingerprint density at radius 1 is 1.71 bits per heavy atom. The summed E-state index contributed by atoms with van der Waals surface area (Å²) in [4.78, 5) is 9.97. The minimum Gasteiger partial charge on any atom is -0.438 e. The second-order valence-electron chi connectivity index (χ2n) is 0.887. The molecule has 3 heteroatoms. The van der Waals surface area contributed by atoms with E-state index in [1.807, 2.05) is 0 Å². The van der Waals surface area contributed by atoms with Gasteiger partial charge in [0.1, 0.15) is 0 Å². The van der Waals surface area contributed by atoms with Gasteiger partial charge in [0.15, 0.2) is 0 Å². The lowest BCUT2D eigenvalue weighted by Gasteiger charge is -1.94. The van der Waals surface area contributed by atoms with Crippen LogP contribution in [0.15, 0.2) is 0 Å². The van der Waals surface area contributed by atoms with Crippen molar-refractivity contribution in [1.29, 1.82) is 0 Å². The SMILES string of the molecule is CCOC(=O)OC. The van der Waals surface area contributed by atoms with Crippen LogP contribution in [-0.2, 0) is 9.47 Å². The molecule has 0 heterocycles. The van der Waals surface area contributed by atoms with Gasteiger partial charge in [-0.25, -0.2) is 4.79 Å². The summed E-state index contributed by atoms with van der Waals surface area (Å²) < 4.78 is 8.46.